The van der Waals surface area contributed by atoms with Crippen LogP contribution in [0.1, 0.15) is 18.4 Å². The second-order valence-electron chi connectivity index (χ2n) is 6.17. The van der Waals surface area contributed by atoms with Crippen LogP contribution in [-0.4, -0.2) is 22.6 Å². The van der Waals surface area contributed by atoms with Crippen molar-refractivity contribution in [1.82, 2.24) is 9.55 Å². The Morgan fingerprint density at radius 1 is 1.00 bits per heavy atom. The molecule has 1 aliphatic rings. The first-order valence-corrected chi connectivity index (χ1v) is 8.33. The second-order valence-corrected chi connectivity index (χ2v) is 6.17. The molecule has 23 heavy (non-hydrogen) atoms. The minimum Gasteiger partial charge on any atom is -0.371 e. The highest BCUT2D eigenvalue weighted by atomic mass is 16.1. The van der Waals surface area contributed by atoms with Gasteiger partial charge in [-0.05, 0) is 43.0 Å². The van der Waals surface area contributed by atoms with E-state index in [1.54, 1.807) is 0 Å². The van der Waals surface area contributed by atoms with E-state index in [4.69, 9.17) is 0 Å². The number of hydrogen-bond acceptors (Lipinski definition) is 2. The lowest BCUT2D eigenvalue weighted by molar-refractivity contribution is 0.601. The number of nitrogens with zero attached hydrogens (tertiary/aromatic N) is 2. The Hall–Kier alpha value is -2.49. The zero-order valence-corrected chi connectivity index (χ0v) is 13.2. The number of nitrogens with one attached hydrogen (secondary N) is 1. The maximum atomic E-state index is 12.1. The number of anilines is 1. The van der Waals surface area contributed by atoms with Gasteiger partial charge >= 0.3 is 5.69 Å². The molecule has 0 unspecified atom stereocenters. The summed E-state index contributed by atoms with van der Waals surface area (Å²) >= 11 is 0. The highest BCUT2D eigenvalue weighted by Gasteiger charge is 2.15. The lowest BCUT2D eigenvalue weighted by atomic mass is 10.0. The molecule has 1 N–H and O–H groups in total. The molecule has 3 aromatic rings. The van der Waals surface area contributed by atoms with E-state index >= 15 is 0 Å². The van der Waals surface area contributed by atoms with Crippen LogP contribution in [0.3, 0.4) is 0 Å². The standard InChI is InChI=1S/C19H21N3O/c23-19-20-16-9-2-4-11-18(16)22(19)14-6-13-21-12-5-8-15-7-1-3-10-17(15)21/h1-4,7,9-11H,5-6,8,12-14H2,(H,20,23). The molecule has 2 heterocycles. The van der Waals surface area contributed by atoms with Gasteiger partial charge in [0.05, 0.1) is 11.0 Å². The fourth-order valence-electron chi connectivity index (χ4n) is 3.59. The smallest absolute Gasteiger partial charge is 0.326 e. The van der Waals surface area contributed by atoms with Crippen LogP contribution in [0.4, 0.5) is 5.69 Å². The molecule has 0 bridgehead atoms. The number of H-pyrrole nitrogens is 1. The third kappa shape index (κ3) is 2.65. The number of para-hydroxylation sites is 3. The van der Waals surface area contributed by atoms with Gasteiger partial charge in [0.25, 0.3) is 0 Å². The summed E-state index contributed by atoms with van der Waals surface area (Å²) in [5.41, 5.74) is 4.72. The molecule has 1 aliphatic heterocycles. The Morgan fingerprint density at radius 2 is 1.83 bits per heavy atom. The van der Waals surface area contributed by atoms with Crippen LogP contribution >= 0.6 is 0 Å². The summed E-state index contributed by atoms with van der Waals surface area (Å²) in [5.74, 6) is 0. The predicted molar refractivity (Wildman–Crippen MR) is 94.2 cm³/mol. The van der Waals surface area contributed by atoms with E-state index in [1.165, 1.54) is 24.1 Å². The Morgan fingerprint density at radius 3 is 2.78 bits per heavy atom. The number of hydrogen-bond donors (Lipinski definition) is 1. The van der Waals surface area contributed by atoms with Crippen molar-refractivity contribution in [3.05, 3.63) is 64.6 Å². The fourth-order valence-corrected chi connectivity index (χ4v) is 3.59. The van der Waals surface area contributed by atoms with Crippen LogP contribution in [0.15, 0.2) is 53.3 Å². The van der Waals surface area contributed by atoms with Crippen molar-refractivity contribution in [2.24, 2.45) is 0 Å². The largest absolute Gasteiger partial charge is 0.371 e. The molecule has 4 nitrogen and oxygen atoms in total. The van der Waals surface area contributed by atoms with E-state index in [0.717, 1.165) is 37.1 Å². The van der Waals surface area contributed by atoms with E-state index < -0.39 is 0 Å². The number of benzene rings is 2. The molecule has 4 heteroatoms. The minimum atomic E-state index is -0.00903. The van der Waals surface area contributed by atoms with Gasteiger partial charge in [-0.3, -0.25) is 4.57 Å². The molecule has 0 saturated carbocycles. The summed E-state index contributed by atoms with van der Waals surface area (Å²) in [6, 6.07) is 16.6. The van der Waals surface area contributed by atoms with Gasteiger partial charge in [0, 0.05) is 25.3 Å². The maximum Gasteiger partial charge on any atom is 0.326 e. The summed E-state index contributed by atoms with van der Waals surface area (Å²) < 4.78 is 1.85. The molecule has 1 aromatic heterocycles. The molecule has 0 aliphatic carbocycles. The molecular weight excluding hydrogens is 286 g/mol. The first-order valence-electron chi connectivity index (χ1n) is 8.33. The number of aromatic amines is 1. The van der Waals surface area contributed by atoms with Crippen molar-refractivity contribution >= 4 is 16.7 Å². The first kappa shape index (κ1) is 14.1. The Kier molecular flexibility index (Phi) is 3.66. The number of aromatic nitrogens is 2. The van der Waals surface area contributed by atoms with Crippen molar-refractivity contribution in [3.63, 3.8) is 0 Å². The average molecular weight is 307 g/mol. The van der Waals surface area contributed by atoms with Crippen molar-refractivity contribution in [2.75, 3.05) is 18.0 Å². The van der Waals surface area contributed by atoms with Gasteiger partial charge in [-0.2, -0.15) is 0 Å². The van der Waals surface area contributed by atoms with Gasteiger partial charge in [0.2, 0.25) is 0 Å². The van der Waals surface area contributed by atoms with Gasteiger partial charge in [-0.25, -0.2) is 4.79 Å². The molecule has 118 valence electrons. The Bertz CT molecular complexity index is 877. The maximum absolute atomic E-state index is 12.1. The average Bonchev–Trinajstić information content (AvgIpc) is 2.91. The van der Waals surface area contributed by atoms with E-state index in [-0.39, 0.29) is 5.69 Å². The summed E-state index contributed by atoms with van der Waals surface area (Å²) in [7, 11) is 0. The quantitative estimate of drug-likeness (QED) is 0.804. The molecule has 0 saturated heterocycles. The van der Waals surface area contributed by atoms with Crippen molar-refractivity contribution in [1.29, 1.82) is 0 Å². The molecule has 0 amide bonds. The van der Waals surface area contributed by atoms with E-state index in [0.29, 0.717) is 0 Å². The third-order valence-electron chi connectivity index (χ3n) is 4.70. The first-order chi connectivity index (χ1) is 11.3. The lowest BCUT2D eigenvalue weighted by Gasteiger charge is -2.31. The number of aryl methyl sites for hydroxylation is 2. The van der Waals surface area contributed by atoms with Crippen LogP contribution < -0.4 is 10.6 Å². The summed E-state index contributed by atoms with van der Waals surface area (Å²) in [6.45, 7) is 2.85. The van der Waals surface area contributed by atoms with Gasteiger partial charge in [-0.1, -0.05) is 30.3 Å². The normalized spacial score (nSPS) is 14.2. The number of fused-ring (bicyclic) bond motifs is 2. The monoisotopic (exact) mass is 307 g/mol. The molecule has 0 atom stereocenters. The van der Waals surface area contributed by atoms with E-state index in [2.05, 4.69) is 34.1 Å². The number of rotatable bonds is 4. The summed E-state index contributed by atoms with van der Waals surface area (Å²) in [5, 5.41) is 0. The van der Waals surface area contributed by atoms with Crippen LogP contribution in [0.5, 0.6) is 0 Å². The molecule has 4 rings (SSSR count). The zero-order chi connectivity index (χ0) is 15.6. The lowest BCUT2D eigenvalue weighted by Crippen LogP contribution is -2.31. The Labute approximate surface area is 135 Å². The van der Waals surface area contributed by atoms with E-state index in [9.17, 15) is 4.79 Å². The summed E-state index contributed by atoms with van der Waals surface area (Å²) in [6.07, 6.45) is 3.36. The van der Waals surface area contributed by atoms with Gasteiger partial charge < -0.3 is 9.88 Å². The van der Waals surface area contributed by atoms with Gasteiger partial charge in [0.15, 0.2) is 0 Å². The van der Waals surface area contributed by atoms with Crippen molar-refractivity contribution < 1.29 is 0 Å². The van der Waals surface area contributed by atoms with Crippen LogP contribution in [0.2, 0.25) is 0 Å². The van der Waals surface area contributed by atoms with Gasteiger partial charge in [0.1, 0.15) is 0 Å². The SMILES string of the molecule is O=c1[nH]c2ccccc2n1CCCN1CCCc2ccccc21. The van der Waals surface area contributed by atoms with Crippen LogP contribution in [0, 0.1) is 0 Å². The minimum absolute atomic E-state index is 0.00903. The molecule has 0 fully saturated rings. The topological polar surface area (TPSA) is 41.0 Å². The van der Waals surface area contributed by atoms with Crippen molar-refractivity contribution in [3.8, 4) is 0 Å². The fraction of sp³-hybridized carbons (Fsp3) is 0.316. The molecular formula is C19H21N3O. The third-order valence-corrected chi connectivity index (χ3v) is 4.70. The highest BCUT2D eigenvalue weighted by molar-refractivity contribution is 5.74. The Balaban J connectivity index is 1.48. The second kappa shape index (κ2) is 5.95. The van der Waals surface area contributed by atoms with E-state index in [1.807, 2.05) is 28.8 Å². The molecule has 0 radical (unpaired) electrons. The van der Waals surface area contributed by atoms with Crippen LogP contribution in [-0.2, 0) is 13.0 Å². The van der Waals surface area contributed by atoms with Gasteiger partial charge in [-0.15, -0.1) is 0 Å². The zero-order valence-electron chi connectivity index (χ0n) is 13.2. The summed E-state index contributed by atoms with van der Waals surface area (Å²) in [4.78, 5) is 17.5. The highest BCUT2D eigenvalue weighted by Crippen LogP contribution is 2.26. The van der Waals surface area contributed by atoms with Crippen molar-refractivity contribution in [2.45, 2.75) is 25.8 Å². The van der Waals surface area contributed by atoms with Crippen LogP contribution in [0.25, 0.3) is 11.0 Å². The predicted octanol–water partition coefficient (Wildman–Crippen LogP) is 3.17. The number of imidazole rings is 1. The molecule has 0 spiro atoms. The molecule has 2 aromatic carbocycles.